The summed E-state index contributed by atoms with van der Waals surface area (Å²) in [6.07, 6.45) is 7.98. The maximum Gasteiger partial charge on any atom is 0.244 e. The predicted octanol–water partition coefficient (Wildman–Crippen LogP) is 1.59. The van der Waals surface area contributed by atoms with Crippen LogP contribution in [0.2, 0.25) is 0 Å². The van der Waals surface area contributed by atoms with Gasteiger partial charge < -0.3 is 10.6 Å². The Bertz CT molecular complexity index is 674. The zero-order valence-electron chi connectivity index (χ0n) is 11.9. The maximum absolute atomic E-state index is 11.6. The number of anilines is 1. The molecule has 6 heteroatoms. The first-order valence-electron chi connectivity index (χ1n) is 6.74. The van der Waals surface area contributed by atoms with Gasteiger partial charge in [0.1, 0.15) is 5.82 Å². The monoisotopic (exact) mass is 293 g/mol. The van der Waals surface area contributed by atoms with Crippen molar-refractivity contribution in [3.8, 4) is 6.07 Å². The Morgan fingerprint density at radius 1 is 1.23 bits per heavy atom. The van der Waals surface area contributed by atoms with Crippen molar-refractivity contribution >= 4 is 17.8 Å². The van der Waals surface area contributed by atoms with Crippen LogP contribution in [0.25, 0.3) is 6.08 Å². The summed E-state index contributed by atoms with van der Waals surface area (Å²) in [6.45, 7) is 1.04. The molecule has 1 amide bonds. The number of benzene rings is 1. The fourth-order valence-electron chi connectivity index (χ4n) is 1.67. The summed E-state index contributed by atoms with van der Waals surface area (Å²) in [6, 6.07) is 9.05. The first kappa shape index (κ1) is 15.2. The van der Waals surface area contributed by atoms with Gasteiger partial charge in [0.25, 0.3) is 0 Å². The molecule has 0 saturated heterocycles. The molecule has 1 aromatic heterocycles. The Morgan fingerprint density at radius 2 is 2.05 bits per heavy atom. The number of carbonyl (C=O) groups is 1. The molecule has 0 unspecified atom stereocenters. The van der Waals surface area contributed by atoms with E-state index < -0.39 is 0 Å². The lowest BCUT2D eigenvalue weighted by atomic mass is 10.1. The van der Waals surface area contributed by atoms with Crippen molar-refractivity contribution in [1.29, 1.82) is 5.26 Å². The predicted molar refractivity (Wildman–Crippen MR) is 83.7 cm³/mol. The van der Waals surface area contributed by atoms with Crippen molar-refractivity contribution in [2.24, 2.45) is 0 Å². The number of nitriles is 1. The van der Waals surface area contributed by atoms with E-state index in [-0.39, 0.29) is 5.91 Å². The summed E-state index contributed by atoms with van der Waals surface area (Å²) in [5.74, 6) is 0.496. The first-order chi connectivity index (χ1) is 10.8. The van der Waals surface area contributed by atoms with E-state index in [2.05, 4.69) is 20.6 Å². The Balaban J connectivity index is 1.71. The van der Waals surface area contributed by atoms with Crippen LogP contribution in [0.15, 0.2) is 48.9 Å². The van der Waals surface area contributed by atoms with Crippen molar-refractivity contribution in [1.82, 2.24) is 15.3 Å². The van der Waals surface area contributed by atoms with Gasteiger partial charge in [0.05, 0.1) is 17.8 Å². The van der Waals surface area contributed by atoms with Crippen LogP contribution in [0.4, 0.5) is 5.82 Å². The molecular weight excluding hydrogens is 278 g/mol. The molecule has 0 spiro atoms. The van der Waals surface area contributed by atoms with Gasteiger partial charge in [-0.3, -0.25) is 9.78 Å². The van der Waals surface area contributed by atoms with Crippen LogP contribution in [0, 0.1) is 11.3 Å². The average molecular weight is 293 g/mol. The van der Waals surface area contributed by atoms with Crippen LogP contribution < -0.4 is 10.6 Å². The van der Waals surface area contributed by atoms with Gasteiger partial charge >= 0.3 is 0 Å². The highest BCUT2D eigenvalue weighted by atomic mass is 16.1. The van der Waals surface area contributed by atoms with E-state index >= 15 is 0 Å². The first-order valence-corrected chi connectivity index (χ1v) is 6.74. The molecular formula is C16H15N5O. The van der Waals surface area contributed by atoms with Crippen LogP contribution in [-0.4, -0.2) is 29.0 Å². The number of hydrogen-bond acceptors (Lipinski definition) is 5. The van der Waals surface area contributed by atoms with Gasteiger partial charge in [-0.15, -0.1) is 0 Å². The SMILES string of the molecule is N#Cc1ccc(/C=C\C(=O)NCCNc2cnccn2)cc1. The molecule has 0 fully saturated rings. The summed E-state index contributed by atoms with van der Waals surface area (Å²) < 4.78 is 0. The Hall–Kier alpha value is -3.20. The maximum atomic E-state index is 11.6. The average Bonchev–Trinajstić information content (AvgIpc) is 2.58. The molecule has 1 aromatic carbocycles. The van der Waals surface area contributed by atoms with Crippen molar-refractivity contribution < 1.29 is 4.79 Å². The number of carbonyl (C=O) groups excluding carboxylic acids is 1. The number of amides is 1. The highest BCUT2D eigenvalue weighted by molar-refractivity contribution is 5.91. The van der Waals surface area contributed by atoms with Crippen LogP contribution in [0.1, 0.15) is 11.1 Å². The zero-order valence-corrected chi connectivity index (χ0v) is 11.9. The Morgan fingerprint density at radius 3 is 2.73 bits per heavy atom. The highest BCUT2D eigenvalue weighted by Crippen LogP contribution is 2.04. The van der Waals surface area contributed by atoms with E-state index in [4.69, 9.17) is 5.26 Å². The van der Waals surface area contributed by atoms with Gasteiger partial charge in [-0.1, -0.05) is 12.1 Å². The molecule has 0 aliphatic rings. The van der Waals surface area contributed by atoms with Gasteiger partial charge in [-0.2, -0.15) is 5.26 Å². The molecule has 0 radical (unpaired) electrons. The number of hydrogen-bond donors (Lipinski definition) is 2. The van der Waals surface area contributed by atoms with E-state index in [1.807, 2.05) is 6.07 Å². The summed E-state index contributed by atoms with van der Waals surface area (Å²) in [7, 11) is 0. The minimum absolute atomic E-state index is 0.176. The molecule has 1 heterocycles. The van der Waals surface area contributed by atoms with E-state index in [1.165, 1.54) is 6.08 Å². The van der Waals surface area contributed by atoms with Gasteiger partial charge in [0.15, 0.2) is 0 Å². The van der Waals surface area contributed by atoms with Crippen LogP contribution in [0.5, 0.6) is 0 Å². The lowest BCUT2D eigenvalue weighted by Gasteiger charge is -2.05. The van der Waals surface area contributed by atoms with E-state index in [0.29, 0.717) is 24.5 Å². The van der Waals surface area contributed by atoms with E-state index in [9.17, 15) is 4.79 Å². The molecule has 0 atom stereocenters. The fraction of sp³-hybridized carbons (Fsp3) is 0.125. The molecule has 0 saturated carbocycles. The minimum atomic E-state index is -0.176. The van der Waals surface area contributed by atoms with E-state index in [0.717, 1.165) is 5.56 Å². The van der Waals surface area contributed by atoms with Gasteiger partial charge in [-0.25, -0.2) is 4.98 Å². The second-order valence-corrected chi connectivity index (χ2v) is 4.38. The van der Waals surface area contributed by atoms with Gasteiger partial charge in [-0.05, 0) is 23.8 Å². The third-order valence-corrected chi connectivity index (χ3v) is 2.76. The normalized spacial score (nSPS) is 10.1. The third-order valence-electron chi connectivity index (χ3n) is 2.76. The summed E-state index contributed by atoms with van der Waals surface area (Å²) in [4.78, 5) is 19.6. The quantitative estimate of drug-likeness (QED) is 0.623. The second kappa shape index (κ2) is 8.17. The minimum Gasteiger partial charge on any atom is -0.367 e. The molecule has 2 aromatic rings. The fourth-order valence-corrected chi connectivity index (χ4v) is 1.67. The van der Waals surface area contributed by atoms with Crippen molar-refractivity contribution in [3.05, 3.63) is 60.1 Å². The third kappa shape index (κ3) is 5.06. The highest BCUT2D eigenvalue weighted by Gasteiger charge is 1.96. The molecule has 0 bridgehead atoms. The lowest BCUT2D eigenvalue weighted by molar-refractivity contribution is -0.116. The van der Waals surface area contributed by atoms with Crippen LogP contribution >= 0.6 is 0 Å². The topological polar surface area (TPSA) is 90.7 Å². The molecule has 6 nitrogen and oxygen atoms in total. The summed E-state index contributed by atoms with van der Waals surface area (Å²) in [5.41, 5.74) is 1.46. The van der Waals surface area contributed by atoms with Crippen LogP contribution in [0.3, 0.4) is 0 Å². The summed E-state index contributed by atoms with van der Waals surface area (Å²) >= 11 is 0. The number of aromatic nitrogens is 2. The molecule has 22 heavy (non-hydrogen) atoms. The molecule has 2 N–H and O–H groups in total. The molecule has 0 aliphatic carbocycles. The van der Waals surface area contributed by atoms with Gasteiger partial charge in [0, 0.05) is 31.6 Å². The van der Waals surface area contributed by atoms with E-state index in [1.54, 1.807) is 48.9 Å². The molecule has 110 valence electrons. The molecule has 2 rings (SSSR count). The smallest absolute Gasteiger partial charge is 0.244 e. The zero-order chi connectivity index (χ0) is 15.6. The largest absolute Gasteiger partial charge is 0.367 e. The van der Waals surface area contributed by atoms with Crippen molar-refractivity contribution in [2.45, 2.75) is 0 Å². The number of nitrogens with one attached hydrogen (secondary N) is 2. The Kier molecular flexibility index (Phi) is 5.64. The van der Waals surface area contributed by atoms with Gasteiger partial charge in [0.2, 0.25) is 5.91 Å². The number of nitrogens with zero attached hydrogens (tertiary/aromatic N) is 3. The molecule has 0 aliphatic heterocycles. The number of rotatable bonds is 6. The van der Waals surface area contributed by atoms with Crippen molar-refractivity contribution in [2.75, 3.05) is 18.4 Å². The van der Waals surface area contributed by atoms with Crippen molar-refractivity contribution in [3.63, 3.8) is 0 Å². The summed E-state index contributed by atoms with van der Waals surface area (Å²) in [5, 5.41) is 14.5. The van der Waals surface area contributed by atoms with Crippen LogP contribution in [-0.2, 0) is 4.79 Å². The lowest BCUT2D eigenvalue weighted by Crippen LogP contribution is -2.27. The second-order valence-electron chi connectivity index (χ2n) is 4.38. The standard InChI is InChI=1S/C16H15N5O/c17-11-14-3-1-13(2-4-14)5-6-16(22)21-10-9-20-15-12-18-7-8-19-15/h1-8,12H,9-10H2,(H,19,20)(H,21,22)/b6-5-. The Labute approximate surface area is 128 Å².